The predicted octanol–water partition coefficient (Wildman–Crippen LogP) is 4.06. The van der Waals surface area contributed by atoms with Crippen LogP contribution in [-0.4, -0.2) is 41.3 Å². The van der Waals surface area contributed by atoms with Crippen LogP contribution in [0.3, 0.4) is 0 Å². The predicted molar refractivity (Wildman–Crippen MR) is 124 cm³/mol. The van der Waals surface area contributed by atoms with Gasteiger partial charge in [0.05, 0.1) is 17.9 Å². The Morgan fingerprint density at radius 3 is 2.12 bits per heavy atom. The third-order valence-corrected chi connectivity index (χ3v) is 7.04. The number of carbonyl (C=O) groups is 3. The summed E-state index contributed by atoms with van der Waals surface area (Å²) in [4.78, 5) is 36.4. The summed E-state index contributed by atoms with van der Waals surface area (Å²) in [5.41, 5.74) is 3.92. The van der Waals surface area contributed by atoms with Crippen molar-refractivity contribution in [3.8, 4) is 11.1 Å². The van der Waals surface area contributed by atoms with E-state index < -0.39 is 29.6 Å². The molecule has 1 saturated carbocycles. The molecule has 7 nitrogen and oxygen atoms in total. The summed E-state index contributed by atoms with van der Waals surface area (Å²) in [6.45, 7) is 3.67. The third kappa shape index (κ3) is 4.72. The zero-order valence-corrected chi connectivity index (χ0v) is 19.0. The summed E-state index contributed by atoms with van der Waals surface area (Å²) < 4.78 is 5.57. The molecule has 0 saturated heterocycles. The SMILES string of the molecule is CC(NC(=O)OCC1c2ccccc2-c2ccccc21)C(C)C(=O)NC1(CC(=O)O)CCC1. The fourth-order valence-electron chi connectivity index (χ4n) is 4.79. The molecule has 4 rings (SSSR count). The monoisotopic (exact) mass is 450 g/mol. The molecule has 2 aliphatic carbocycles. The molecule has 174 valence electrons. The van der Waals surface area contributed by atoms with Crippen LogP contribution in [0.1, 0.15) is 56.6 Å². The van der Waals surface area contributed by atoms with Crippen molar-refractivity contribution >= 4 is 18.0 Å². The molecule has 1 fully saturated rings. The highest BCUT2D eigenvalue weighted by atomic mass is 16.5. The average Bonchev–Trinajstić information content (AvgIpc) is 3.09. The van der Waals surface area contributed by atoms with Gasteiger partial charge in [0.25, 0.3) is 0 Å². The van der Waals surface area contributed by atoms with Gasteiger partial charge in [0.2, 0.25) is 5.91 Å². The molecule has 2 aromatic carbocycles. The smallest absolute Gasteiger partial charge is 0.407 e. The Labute approximate surface area is 193 Å². The van der Waals surface area contributed by atoms with Crippen LogP contribution in [-0.2, 0) is 14.3 Å². The molecule has 2 aromatic rings. The molecule has 0 aromatic heterocycles. The molecule has 0 spiro atoms. The van der Waals surface area contributed by atoms with Crippen molar-refractivity contribution in [1.82, 2.24) is 10.6 Å². The van der Waals surface area contributed by atoms with Gasteiger partial charge in [0.1, 0.15) is 6.61 Å². The highest BCUT2D eigenvalue weighted by molar-refractivity contribution is 5.82. The topological polar surface area (TPSA) is 105 Å². The van der Waals surface area contributed by atoms with Gasteiger partial charge in [-0.15, -0.1) is 0 Å². The van der Waals surface area contributed by atoms with Gasteiger partial charge in [-0.2, -0.15) is 0 Å². The second kappa shape index (κ2) is 9.25. The Bertz CT molecular complexity index is 1020. The van der Waals surface area contributed by atoms with E-state index in [1.54, 1.807) is 13.8 Å². The Balaban J connectivity index is 1.33. The first-order chi connectivity index (χ1) is 15.8. The van der Waals surface area contributed by atoms with Crippen LogP contribution in [0, 0.1) is 5.92 Å². The first-order valence-corrected chi connectivity index (χ1v) is 11.4. The van der Waals surface area contributed by atoms with Gasteiger partial charge in [-0.25, -0.2) is 4.79 Å². The normalized spacial score (nSPS) is 17.6. The van der Waals surface area contributed by atoms with Crippen LogP contribution < -0.4 is 10.6 Å². The van der Waals surface area contributed by atoms with E-state index in [0.29, 0.717) is 12.8 Å². The maximum Gasteiger partial charge on any atom is 0.407 e. The highest BCUT2D eigenvalue weighted by Gasteiger charge is 2.41. The van der Waals surface area contributed by atoms with E-state index in [1.807, 2.05) is 24.3 Å². The number of hydrogen-bond donors (Lipinski definition) is 3. The molecule has 7 heteroatoms. The van der Waals surface area contributed by atoms with E-state index in [-0.39, 0.29) is 24.9 Å². The number of amides is 2. The Hall–Kier alpha value is -3.35. The number of rotatable bonds is 8. The van der Waals surface area contributed by atoms with Crippen molar-refractivity contribution in [1.29, 1.82) is 0 Å². The van der Waals surface area contributed by atoms with Crippen molar-refractivity contribution in [2.75, 3.05) is 6.61 Å². The molecule has 0 radical (unpaired) electrons. The molecular weight excluding hydrogens is 420 g/mol. The van der Waals surface area contributed by atoms with Crippen LogP contribution >= 0.6 is 0 Å². The Morgan fingerprint density at radius 1 is 1.03 bits per heavy atom. The lowest BCUT2D eigenvalue weighted by atomic mass is 9.74. The number of aliphatic carboxylic acids is 1. The second-order valence-electron chi connectivity index (χ2n) is 9.24. The van der Waals surface area contributed by atoms with E-state index in [0.717, 1.165) is 28.7 Å². The van der Waals surface area contributed by atoms with Crippen molar-refractivity contribution in [3.05, 3.63) is 59.7 Å². The van der Waals surface area contributed by atoms with Crippen LogP contribution in [0.15, 0.2) is 48.5 Å². The number of carboxylic acids is 1. The first kappa shape index (κ1) is 22.8. The van der Waals surface area contributed by atoms with Crippen molar-refractivity contribution < 1.29 is 24.2 Å². The van der Waals surface area contributed by atoms with Gasteiger partial charge in [-0.1, -0.05) is 55.5 Å². The first-order valence-electron chi connectivity index (χ1n) is 11.4. The molecule has 2 atom stereocenters. The number of hydrogen-bond acceptors (Lipinski definition) is 4. The molecule has 0 aliphatic heterocycles. The lowest BCUT2D eigenvalue weighted by molar-refractivity contribution is -0.140. The van der Waals surface area contributed by atoms with Gasteiger partial charge in [-0.05, 0) is 48.4 Å². The minimum absolute atomic E-state index is 0.0336. The maximum atomic E-state index is 12.7. The van der Waals surface area contributed by atoms with Gasteiger partial charge in [-0.3, -0.25) is 9.59 Å². The van der Waals surface area contributed by atoms with Crippen molar-refractivity contribution in [2.24, 2.45) is 5.92 Å². The summed E-state index contributed by atoms with van der Waals surface area (Å²) in [5, 5.41) is 14.8. The lowest BCUT2D eigenvalue weighted by Gasteiger charge is -2.42. The largest absolute Gasteiger partial charge is 0.481 e. The Morgan fingerprint density at radius 2 is 1.61 bits per heavy atom. The minimum Gasteiger partial charge on any atom is -0.481 e. The van der Waals surface area contributed by atoms with Crippen LogP contribution in [0.4, 0.5) is 4.79 Å². The lowest BCUT2D eigenvalue weighted by Crippen LogP contribution is -2.57. The molecule has 33 heavy (non-hydrogen) atoms. The van der Waals surface area contributed by atoms with Crippen molar-refractivity contribution in [2.45, 2.75) is 57.0 Å². The molecule has 3 N–H and O–H groups in total. The summed E-state index contributed by atoms with van der Waals surface area (Å²) >= 11 is 0. The standard InChI is InChI=1S/C26H30N2O5/c1-16(24(31)28-26(12-7-13-26)14-23(29)30)17(2)27-25(32)33-15-22-20-10-5-3-8-18(20)19-9-4-6-11-21(19)22/h3-6,8-11,16-17,22H,7,12-15H2,1-2H3,(H,27,32)(H,28,31)(H,29,30). The summed E-state index contributed by atoms with van der Waals surface area (Å²) in [6, 6.07) is 15.8. The zero-order chi connectivity index (χ0) is 23.6. The summed E-state index contributed by atoms with van der Waals surface area (Å²) in [5.74, 6) is -1.75. The summed E-state index contributed by atoms with van der Waals surface area (Å²) in [6.07, 6.45) is 1.56. The highest BCUT2D eigenvalue weighted by Crippen LogP contribution is 2.44. The van der Waals surface area contributed by atoms with Gasteiger partial charge < -0.3 is 20.5 Å². The van der Waals surface area contributed by atoms with E-state index in [4.69, 9.17) is 9.84 Å². The van der Waals surface area contributed by atoms with Crippen molar-refractivity contribution in [3.63, 3.8) is 0 Å². The van der Waals surface area contributed by atoms with Crippen LogP contribution in [0.25, 0.3) is 11.1 Å². The molecule has 2 unspecified atom stereocenters. The van der Waals surface area contributed by atoms with E-state index in [1.165, 1.54) is 0 Å². The van der Waals surface area contributed by atoms with Gasteiger partial charge >= 0.3 is 12.1 Å². The third-order valence-electron chi connectivity index (χ3n) is 7.04. The van der Waals surface area contributed by atoms with Crippen LogP contribution in [0.2, 0.25) is 0 Å². The van der Waals surface area contributed by atoms with Gasteiger partial charge in [0, 0.05) is 12.0 Å². The van der Waals surface area contributed by atoms with E-state index in [2.05, 4.69) is 34.9 Å². The molecule has 0 bridgehead atoms. The number of alkyl carbamates (subject to hydrolysis) is 1. The number of nitrogens with one attached hydrogen (secondary N) is 2. The molecule has 2 amide bonds. The fraction of sp³-hybridized carbons (Fsp3) is 0.423. The average molecular weight is 451 g/mol. The second-order valence-corrected chi connectivity index (χ2v) is 9.24. The zero-order valence-electron chi connectivity index (χ0n) is 19.0. The Kier molecular flexibility index (Phi) is 6.40. The number of ether oxygens (including phenoxy) is 1. The molecule has 0 heterocycles. The fourth-order valence-corrected chi connectivity index (χ4v) is 4.79. The molecular formula is C26H30N2O5. The minimum atomic E-state index is -0.924. The quantitative estimate of drug-likeness (QED) is 0.563. The van der Waals surface area contributed by atoms with E-state index >= 15 is 0 Å². The summed E-state index contributed by atoms with van der Waals surface area (Å²) in [7, 11) is 0. The maximum absolute atomic E-state index is 12.7. The van der Waals surface area contributed by atoms with E-state index in [9.17, 15) is 14.4 Å². The molecule has 2 aliphatic rings. The number of benzene rings is 2. The van der Waals surface area contributed by atoms with Gasteiger partial charge in [0.15, 0.2) is 0 Å². The van der Waals surface area contributed by atoms with Crippen LogP contribution in [0.5, 0.6) is 0 Å². The number of carbonyl (C=O) groups excluding carboxylic acids is 2. The number of carboxylic acid groups (broad SMARTS) is 1. The number of fused-ring (bicyclic) bond motifs is 3.